The van der Waals surface area contributed by atoms with Gasteiger partial charge in [-0.2, -0.15) is 0 Å². The lowest BCUT2D eigenvalue weighted by molar-refractivity contribution is -0.136. The summed E-state index contributed by atoms with van der Waals surface area (Å²) in [6, 6.07) is 11.4. The Labute approximate surface area is 211 Å². The van der Waals surface area contributed by atoms with Crippen LogP contribution in [0.25, 0.3) is 11.3 Å². The van der Waals surface area contributed by atoms with Gasteiger partial charge >= 0.3 is 5.97 Å². The van der Waals surface area contributed by atoms with Crippen molar-refractivity contribution in [1.29, 1.82) is 0 Å². The van der Waals surface area contributed by atoms with Crippen molar-refractivity contribution < 1.29 is 23.8 Å². The number of aryl methyl sites for hydroxylation is 1. The molecule has 0 saturated heterocycles. The summed E-state index contributed by atoms with van der Waals surface area (Å²) in [7, 11) is 1.62. The number of carbonyl (C=O) groups is 2. The standard InChI is InChI=1S/C28H33N3O5/c1-18-24(15-25(36-18)21-14-23(35-2)17-29-16-21)27(19-6-4-3-5-7-19)31-22-10-8-20(9-11-22)28(34)30-13-12-26(32)33/h8-11,14-17,19,27,31H,3-7,12-13H2,1-2H3,(H,30,34)(H,32,33). The molecule has 2 heterocycles. The second-order valence-electron chi connectivity index (χ2n) is 9.23. The van der Waals surface area contributed by atoms with Crippen LogP contribution in [0.3, 0.4) is 0 Å². The number of ether oxygens (including phenoxy) is 1. The molecule has 0 aliphatic heterocycles. The number of aliphatic carboxylic acids is 1. The van der Waals surface area contributed by atoms with Crippen molar-refractivity contribution in [2.75, 3.05) is 19.0 Å². The van der Waals surface area contributed by atoms with Gasteiger partial charge < -0.3 is 24.9 Å². The Morgan fingerprint density at radius 2 is 1.89 bits per heavy atom. The van der Waals surface area contributed by atoms with Crippen molar-refractivity contribution in [1.82, 2.24) is 10.3 Å². The van der Waals surface area contributed by atoms with Crippen LogP contribution >= 0.6 is 0 Å². The first kappa shape index (κ1) is 25.3. The van der Waals surface area contributed by atoms with Gasteiger partial charge in [-0.05, 0) is 62.1 Å². The fourth-order valence-corrected chi connectivity index (χ4v) is 4.81. The van der Waals surface area contributed by atoms with Crippen LogP contribution in [0.2, 0.25) is 0 Å². The molecule has 3 N–H and O–H groups in total. The second kappa shape index (κ2) is 11.7. The summed E-state index contributed by atoms with van der Waals surface area (Å²) in [5.41, 5.74) is 3.39. The molecule has 1 aliphatic carbocycles. The van der Waals surface area contributed by atoms with Gasteiger partial charge in [-0.25, -0.2) is 0 Å². The Morgan fingerprint density at radius 3 is 2.58 bits per heavy atom. The molecule has 1 amide bonds. The average molecular weight is 492 g/mol. The molecule has 1 saturated carbocycles. The minimum Gasteiger partial charge on any atom is -0.495 e. The van der Waals surface area contributed by atoms with E-state index in [2.05, 4.69) is 21.7 Å². The zero-order valence-corrected chi connectivity index (χ0v) is 20.8. The maximum Gasteiger partial charge on any atom is 0.305 e. The van der Waals surface area contributed by atoms with E-state index in [4.69, 9.17) is 14.3 Å². The maximum atomic E-state index is 12.3. The maximum absolute atomic E-state index is 12.3. The number of hydrogen-bond acceptors (Lipinski definition) is 6. The van der Waals surface area contributed by atoms with Crippen molar-refractivity contribution in [2.24, 2.45) is 5.92 Å². The molecule has 3 aromatic rings. The van der Waals surface area contributed by atoms with E-state index < -0.39 is 5.97 Å². The summed E-state index contributed by atoms with van der Waals surface area (Å²) >= 11 is 0. The zero-order valence-electron chi connectivity index (χ0n) is 20.8. The quantitative estimate of drug-likeness (QED) is 0.338. The fraction of sp³-hybridized carbons (Fsp3) is 0.393. The number of hydrogen-bond donors (Lipinski definition) is 3. The van der Waals surface area contributed by atoms with E-state index in [1.807, 2.05) is 25.1 Å². The van der Waals surface area contributed by atoms with E-state index in [1.54, 1.807) is 31.6 Å². The number of nitrogens with one attached hydrogen (secondary N) is 2. The molecule has 36 heavy (non-hydrogen) atoms. The van der Waals surface area contributed by atoms with Crippen molar-refractivity contribution >= 4 is 17.6 Å². The molecular formula is C28H33N3O5. The third-order valence-corrected chi connectivity index (χ3v) is 6.74. The molecular weight excluding hydrogens is 458 g/mol. The van der Waals surface area contributed by atoms with Crippen LogP contribution in [0.1, 0.15) is 66.2 Å². The van der Waals surface area contributed by atoms with Gasteiger partial charge in [0.05, 0.1) is 25.8 Å². The Kier molecular flexibility index (Phi) is 8.25. The number of aromatic nitrogens is 1. The highest BCUT2D eigenvalue weighted by atomic mass is 16.5. The van der Waals surface area contributed by atoms with E-state index in [1.165, 1.54) is 19.3 Å². The zero-order chi connectivity index (χ0) is 25.5. The van der Waals surface area contributed by atoms with E-state index in [0.29, 0.717) is 17.2 Å². The van der Waals surface area contributed by atoms with Crippen molar-refractivity contribution in [3.05, 3.63) is 65.7 Å². The number of benzene rings is 1. The van der Waals surface area contributed by atoms with Crippen LogP contribution in [0.5, 0.6) is 5.75 Å². The second-order valence-corrected chi connectivity index (χ2v) is 9.23. The Morgan fingerprint density at radius 1 is 1.14 bits per heavy atom. The Balaban J connectivity index is 1.55. The summed E-state index contributed by atoms with van der Waals surface area (Å²) in [5, 5.41) is 15.1. The van der Waals surface area contributed by atoms with Gasteiger partial charge in [0.1, 0.15) is 17.3 Å². The van der Waals surface area contributed by atoms with Crippen LogP contribution in [0.4, 0.5) is 5.69 Å². The molecule has 0 spiro atoms. The van der Waals surface area contributed by atoms with Crippen molar-refractivity contribution in [2.45, 2.75) is 51.5 Å². The van der Waals surface area contributed by atoms with Gasteiger partial charge in [-0.15, -0.1) is 0 Å². The number of carboxylic acid groups (broad SMARTS) is 1. The highest BCUT2D eigenvalue weighted by molar-refractivity contribution is 5.94. The van der Waals surface area contributed by atoms with Crippen LogP contribution < -0.4 is 15.4 Å². The van der Waals surface area contributed by atoms with Gasteiger partial charge in [0.2, 0.25) is 0 Å². The highest BCUT2D eigenvalue weighted by Gasteiger charge is 2.28. The molecule has 0 radical (unpaired) electrons. The van der Waals surface area contributed by atoms with Crippen LogP contribution in [0, 0.1) is 12.8 Å². The number of nitrogens with zero attached hydrogens (tertiary/aromatic N) is 1. The van der Waals surface area contributed by atoms with Crippen LogP contribution in [-0.4, -0.2) is 35.6 Å². The predicted octanol–water partition coefficient (Wildman–Crippen LogP) is 5.60. The summed E-state index contributed by atoms with van der Waals surface area (Å²) < 4.78 is 11.5. The molecule has 190 valence electrons. The molecule has 1 aromatic carbocycles. The largest absolute Gasteiger partial charge is 0.495 e. The van der Waals surface area contributed by atoms with Gasteiger partial charge in [-0.1, -0.05) is 19.3 Å². The lowest BCUT2D eigenvalue weighted by Crippen LogP contribution is -2.26. The summed E-state index contributed by atoms with van der Waals surface area (Å²) in [5.74, 6) is 1.54. The third kappa shape index (κ3) is 6.24. The summed E-state index contributed by atoms with van der Waals surface area (Å²) in [6.07, 6.45) is 9.30. The van der Waals surface area contributed by atoms with Crippen LogP contribution in [0.15, 0.2) is 53.2 Å². The van der Waals surface area contributed by atoms with E-state index in [0.717, 1.165) is 41.2 Å². The topological polar surface area (TPSA) is 114 Å². The number of pyridine rings is 1. The van der Waals surface area contributed by atoms with Gasteiger partial charge in [-0.3, -0.25) is 14.6 Å². The molecule has 1 aliphatic rings. The predicted molar refractivity (Wildman–Crippen MR) is 137 cm³/mol. The minimum absolute atomic E-state index is 0.0663. The summed E-state index contributed by atoms with van der Waals surface area (Å²) in [6.45, 7) is 2.09. The normalized spacial score (nSPS) is 14.7. The number of carbonyl (C=O) groups excluding carboxylic acids is 1. The number of furan rings is 1. The number of amides is 1. The van der Waals surface area contributed by atoms with E-state index >= 15 is 0 Å². The minimum atomic E-state index is -0.941. The van der Waals surface area contributed by atoms with Crippen molar-refractivity contribution in [3.8, 4) is 17.1 Å². The summed E-state index contributed by atoms with van der Waals surface area (Å²) in [4.78, 5) is 27.2. The molecule has 4 rings (SSSR count). The number of methoxy groups -OCH3 is 1. The third-order valence-electron chi connectivity index (χ3n) is 6.74. The highest BCUT2D eigenvalue weighted by Crippen LogP contribution is 2.40. The number of rotatable bonds is 10. The molecule has 2 aromatic heterocycles. The number of carboxylic acids is 1. The molecule has 1 fully saturated rings. The van der Waals surface area contributed by atoms with E-state index in [9.17, 15) is 9.59 Å². The molecule has 1 unspecified atom stereocenters. The van der Waals surface area contributed by atoms with Gasteiger partial charge in [0.15, 0.2) is 0 Å². The van der Waals surface area contributed by atoms with E-state index in [-0.39, 0.29) is 24.9 Å². The molecule has 8 nitrogen and oxygen atoms in total. The first-order chi connectivity index (χ1) is 17.4. The van der Waals surface area contributed by atoms with Gasteiger partial charge in [0.25, 0.3) is 5.91 Å². The lowest BCUT2D eigenvalue weighted by atomic mass is 9.81. The first-order valence-corrected chi connectivity index (χ1v) is 12.4. The molecule has 0 bridgehead atoms. The Hall–Kier alpha value is -3.81. The van der Waals surface area contributed by atoms with Crippen LogP contribution in [-0.2, 0) is 4.79 Å². The van der Waals surface area contributed by atoms with Crippen molar-refractivity contribution in [3.63, 3.8) is 0 Å². The SMILES string of the molecule is COc1cncc(-c2cc(C(Nc3ccc(C(=O)NCCC(=O)O)cc3)C3CCCCC3)c(C)o2)c1. The van der Waals surface area contributed by atoms with Gasteiger partial charge in [0, 0.05) is 35.1 Å². The Bertz CT molecular complexity index is 1180. The first-order valence-electron chi connectivity index (χ1n) is 12.4. The monoisotopic (exact) mass is 491 g/mol. The smallest absolute Gasteiger partial charge is 0.305 e. The number of anilines is 1. The average Bonchev–Trinajstić information content (AvgIpc) is 3.29. The molecule has 1 atom stereocenters. The fourth-order valence-electron chi connectivity index (χ4n) is 4.81. The molecule has 8 heteroatoms. The lowest BCUT2D eigenvalue weighted by Gasteiger charge is -2.31.